The number of aromatic nitrogens is 1. The lowest BCUT2D eigenvalue weighted by Crippen LogP contribution is -2.26. The zero-order valence-corrected chi connectivity index (χ0v) is 10.2. The topological polar surface area (TPSA) is 27.8 Å². The fourth-order valence-corrected chi connectivity index (χ4v) is 2.04. The number of nitrogens with one attached hydrogen (secondary N) is 2. The molecule has 0 amide bonds. The molecule has 2 heteroatoms. The Bertz CT molecular complexity index is 519. The summed E-state index contributed by atoms with van der Waals surface area (Å²) in [5.41, 5.74) is 2.45. The van der Waals surface area contributed by atoms with Gasteiger partial charge < -0.3 is 4.98 Å². The van der Waals surface area contributed by atoms with Gasteiger partial charge in [0.2, 0.25) is 0 Å². The lowest BCUT2D eigenvalue weighted by molar-refractivity contribution is 0.564. The van der Waals surface area contributed by atoms with Crippen LogP contribution in [-0.2, 0) is 6.54 Å². The number of hydrogen-bond acceptors (Lipinski definition) is 1. The van der Waals surface area contributed by atoms with E-state index in [0.717, 1.165) is 19.4 Å². The molecule has 0 aliphatic carbocycles. The standard InChI is InChI=1S/C15H18N2/c1-3-7-13(4-2)16-10-12-11-17-15-9-6-5-8-14(12)15/h2,5-6,8-9,11,13,16-17H,3,7,10H2,1H3. The molecule has 2 nitrogen and oxygen atoms in total. The van der Waals surface area contributed by atoms with Crippen LogP contribution in [0.3, 0.4) is 0 Å². The second-order valence-corrected chi connectivity index (χ2v) is 4.25. The normalized spacial score (nSPS) is 12.5. The summed E-state index contributed by atoms with van der Waals surface area (Å²) in [6.45, 7) is 2.97. The van der Waals surface area contributed by atoms with Gasteiger partial charge in [0.05, 0.1) is 6.04 Å². The first-order valence-electron chi connectivity index (χ1n) is 6.09. The molecule has 0 aliphatic rings. The molecule has 88 valence electrons. The maximum atomic E-state index is 5.49. The van der Waals surface area contributed by atoms with Crippen molar-refractivity contribution in [2.75, 3.05) is 0 Å². The Hall–Kier alpha value is -1.72. The minimum Gasteiger partial charge on any atom is -0.361 e. The number of hydrogen-bond donors (Lipinski definition) is 2. The van der Waals surface area contributed by atoms with Crippen molar-refractivity contribution in [2.45, 2.75) is 32.4 Å². The van der Waals surface area contributed by atoms with Gasteiger partial charge in [-0.05, 0) is 18.1 Å². The summed E-state index contributed by atoms with van der Waals surface area (Å²) in [4.78, 5) is 3.27. The van der Waals surface area contributed by atoms with E-state index < -0.39 is 0 Å². The van der Waals surface area contributed by atoms with Gasteiger partial charge in [0.1, 0.15) is 0 Å². The molecule has 1 aromatic heterocycles. The molecule has 1 aromatic carbocycles. The number of benzene rings is 1. The Morgan fingerprint density at radius 2 is 2.24 bits per heavy atom. The van der Waals surface area contributed by atoms with Crippen molar-refractivity contribution in [3.63, 3.8) is 0 Å². The molecule has 2 aromatic rings. The van der Waals surface area contributed by atoms with Crippen molar-refractivity contribution in [3.8, 4) is 12.3 Å². The SMILES string of the molecule is C#CC(CCC)NCc1c[nH]c2ccccc12. The molecule has 0 spiro atoms. The highest BCUT2D eigenvalue weighted by molar-refractivity contribution is 5.82. The smallest absolute Gasteiger partial charge is 0.0689 e. The van der Waals surface area contributed by atoms with Gasteiger partial charge in [-0.2, -0.15) is 0 Å². The van der Waals surface area contributed by atoms with Gasteiger partial charge in [0.25, 0.3) is 0 Å². The Balaban J connectivity index is 2.06. The van der Waals surface area contributed by atoms with Crippen LogP contribution in [0.2, 0.25) is 0 Å². The van der Waals surface area contributed by atoms with Gasteiger partial charge in [-0.1, -0.05) is 37.5 Å². The summed E-state index contributed by atoms with van der Waals surface area (Å²) in [5, 5.41) is 4.68. The van der Waals surface area contributed by atoms with Crippen LogP contribution in [0, 0.1) is 12.3 Å². The van der Waals surface area contributed by atoms with Gasteiger partial charge >= 0.3 is 0 Å². The first-order valence-corrected chi connectivity index (χ1v) is 6.09. The Labute approximate surface area is 102 Å². The molecule has 2 N–H and O–H groups in total. The summed E-state index contributed by atoms with van der Waals surface area (Å²) in [6, 6.07) is 8.49. The first kappa shape index (κ1) is 11.8. The molecule has 0 bridgehead atoms. The molecular formula is C15H18N2. The van der Waals surface area contributed by atoms with Crippen molar-refractivity contribution in [3.05, 3.63) is 36.0 Å². The number of rotatable bonds is 5. The minimum atomic E-state index is 0.175. The summed E-state index contributed by atoms with van der Waals surface area (Å²) in [7, 11) is 0. The van der Waals surface area contributed by atoms with E-state index in [-0.39, 0.29) is 6.04 Å². The van der Waals surface area contributed by atoms with Crippen LogP contribution in [0.5, 0.6) is 0 Å². The van der Waals surface area contributed by atoms with Gasteiger partial charge in [-0.3, -0.25) is 5.32 Å². The molecule has 2 rings (SSSR count). The maximum absolute atomic E-state index is 5.49. The van der Waals surface area contributed by atoms with Crippen molar-refractivity contribution < 1.29 is 0 Å². The predicted molar refractivity (Wildman–Crippen MR) is 72.7 cm³/mol. The maximum Gasteiger partial charge on any atom is 0.0689 e. The van der Waals surface area contributed by atoms with E-state index in [1.54, 1.807) is 0 Å². The van der Waals surface area contributed by atoms with Crippen molar-refractivity contribution in [2.24, 2.45) is 0 Å². The monoisotopic (exact) mass is 226 g/mol. The third kappa shape index (κ3) is 2.69. The summed E-state index contributed by atoms with van der Waals surface area (Å²) < 4.78 is 0. The fraction of sp³-hybridized carbons (Fsp3) is 0.333. The fourth-order valence-electron chi connectivity index (χ4n) is 2.04. The van der Waals surface area contributed by atoms with Crippen LogP contribution in [0.4, 0.5) is 0 Å². The van der Waals surface area contributed by atoms with E-state index in [9.17, 15) is 0 Å². The summed E-state index contributed by atoms with van der Waals surface area (Å²) in [6.07, 6.45) is 9.68. The van der Waals surface area contributed by atoms with Gasteiger partial charge in [0, 0.05) is 23.6 Å². The van der Waals surface area contributed by atoms with E-state index in [2.05, 4.69) is 47.5 Å². The number of para-hydroxylation sites is 1. The van der Waals surface area contributed by atoms with Crippen molar-refractivity contribution in [1.29, 1.82) is 0 Å². The number of H-pyrrole nitrogens is 1. The zero-order valence-electron chi connectivity index (χ0n) is 10.2. The largest absolute Gasteiger partial charge is 0.361 e. The number of fused-ring (bicyclic) bond motifs is 1. The third-order valence-electron chi connectivity index (χ3n) is 2.99. The number of terminal acetylenes is 1. The molecule has 0 aliphatic heterocycles. The molecule has 1 heterocycles. The highest BCUT2D eigenvalue weighted by Crippen LogP contribution is 2.17. The van der Waals surface area contributed by atoms with E-state index in [1.165, 1.54) is 16.5 Å². The van der Waals surface area contributed by atoms with E-state index >= 15 is 0 Å². The second-order valence-electron chi connectivity index (χ2n) is 4.25. The van der Waals surface area contributed by atoms with Crippen LogP contribution in [0.25, 0.3) is 10.9 Å². The molecule has 0 fully saturated rings. The van der Waals surface area contributed by atoms with Crippen molar-refractivity contribution in [1.82, 2.24) is 10.3 Å². The molecule has 0 radical (unpaired) electrons. The minimum absolute atomic E-state index is 0.175. The molecule has 17 heavy (non-hydrogen) atoms. The molecular weight excluding hydrogens is 208 g/mol. The van der Waals surface area contributed by atoms with E-state index in [1.807, 2.05) is 6.07 Å². The van der Waals surface area contributed by atoms with Crippen molar-refractivity contribution >= 4 is 10.9 Å². The highest BCUT2D eigenvalue weighted by atomic mass is 14.9. The van der Waals surface area contributed by atoms with Gasteiger partial charge in [-0.25, -0.2) is 0 Å². The lowest BCUT2D eigenvalue weighted by Gasteiger charge is -2.11. The van der Waals surface area contributed by atoms with Gasteiger partial charge in [0.15, 0.2) is 0 Å². The van der Waals surface area contributed by atoms with Crippen LogP contribution in [0.1, 0.15) is 25.3 Å². The van der Waals surface area contributed by atoms with E-state index in [0.29, 0.717) is 0 Å². The van der Waals surface area contributed by atoms with Crippen LogP contribution >= 0.6 is 0 Å². The molecule has 0 saturated carbocycles. The zero-order chi connectivity index (χ0) is 12.1. The summed E-state index contributed by atoms with van der Waals surface area (Å²) in [5.74, 6) is 2.79. The van der Waals surface area contributed by atoms with Crippen LogP contribution in [-0.4, -0.2) is 11.0 Å². The third-order valence-corrected chi connectivity index (χ3v) is 2.99. The molecule has 1 unspecified atom stereocenters. The average Bonchev–Trinajstić information content (AvgIpc) is 2.78. The van der Waals surface area contributed by atoms with Crippen LogP contribution in [0.15, 0.2) is 30.5 Å². The van der Waals surface area contributed by atoms with Crippen LogP contribution < -0.4 is 5.32 Å². The highest BCUT2D eigenvalue weighted by Gasteiger charge is 2.06. The average molecular weight is 226 g/mol. The summed E-state index contributed by atoms with van der Waals surface area (Å²) >= 11 is 0. The first-order chi connectivity index (χ1) is 8.35. The molecule has 0 saturated heterocycles. The number of aromatic amines is 1. The van der Waals surface area contributed by atoms with Gasteiger partial charge in [-0.15, -0.1) is 6.42 Å². The lowest BCUT2D eigenvalue weighted by atomic mass is 10.1. The molecule has 1 atom stereocenters. The predicted octanol–water partition coefficient (Wildman–Crippen LogP) is 3.06. The second kappa shape index (κ2) is 5.56. The quantitative estimate of drug-likeness (QED) is 0.753. The van der Waals surface area contributed by atoms with E-state index in [4.69, 9.17) is 6.42 Å². The Morgan fingerprint density at radius 3 is 3.00 bits per heavy atom. The Kier molecular flexibility index (Phi) is 3.85. The Morgan fingerprint density at radius 1 is 1.41 bits per heavy atom.